The van der Waals surface area contributed by atoms with Crippen molar-refractivity contribution in [1.29, 1.82) is 5.26 Å². The Balaban J connectivity index is 2.92. The van der Waals surface area contributed by atoms with E-state index < -0.39 is 12.2 Å². The van der Waals surface area contributed by atoms with E-state index in [1.165, 1.54) is 18.2 Å². The molecule has 88 valence electrons. The summed E-state index contributed by atoms with van der Waals surface area (Å²) in [5.41, 5.74) is 8.73. The highest BCUT2D eigenvalue weighted by Crippen LogP contribution is 2.26. The van der Waals surface area contributed by atoms with Crippen LogP contribution in [0.5, 0.6) is 0 Å². The average Bonchev–Trinajstić information content (AvgIpc) is 2.34. The van der Waals surface area contributed by atoms with Gasteiger partial charge >= 0.3 is 0 Å². The molecule has 0 saturated heterocycles. The lowest BCUT2D eigenvalue weighted by Crippen LogP contribution is -2.21. The maximum atomic E-state index is 9.76. The summed E-state index contributed by atoms with van der Waals surface area (Å²) in [5.74, 6) is 0. The third-order valence-corrected chi connectivity index (χ3v) is 2.47. The van der Waals surface area contributed by atoms with E-state index in [4.69, 9.17) is 22.4 Å². The molecule has 0 spiro atoms. The van der Waals surface area contributed by atoms with E-state index in [1.807, 2.05) is 6.07 Å². The van der Waals surface area contributed by atoms with Crippen LogP contribution in [0, 0.1) is 11.3 Å². The molecule has 0 amide bonds. The van der Waals surface area contributed by atoms with Crippen LogP contribution in [0.25, 0.3) is 10.4 Å². The standard InChI is InChI=1S/C10H9ClN4O2/c11-8-3-6(4-12)1-2-7(8)10(17)9(16)5-14-15-13/h1-3,9-10,16-17H,5H2. The van der Waals surface area contributed by atoms with Crippen LogP contribution in [-0.4, -0.2) is 22.9 Å². The zero-order chi connectivity index (χ0) is 12.8. The largest absolute Gasteiger partial charge is 0.390 e. The molecular formula is C10H9ClN4O2. The van der Waals surface area contributed by atoms with E-state index in [0.717, 1.165) is 0 Å². The second-order valence-corrected chi connectivity index (χ2v) is 3.68. The van der Waals surface area contributed by atoms with Gasteiger partial charge in [0.25, 0.3) is 0 Å². The van der Waals surface area contributed by atoms with Gasteiger partial charge in [0, 0.05) is 15.5 Å². The highest BCUT2D eigenvalue weighted by Gasteiger charge is 2.20. The minimum absolute atomic E-state index is 0.177. The van der Waals surface area contributed by atoms with Crippen LogP contribution < -0.4 is 0 Å². The smallest absolute Gasteiger partial charge is 0.106 e. The number of aliphatic hydroxyl groups excluding tert-OH is 2. The van der Waals surface area contributed by atoms with Gasteiger partial charge in [-0.1, -0.05) is 22.8 Å². The van der Waals surface area contributed by atoms with Crippen molar-refractivity contribution in [3.63, 3.8) is 0 Å². The molecule has 17 heavy (non-hydrogen) atoms. The summed E-state index contributed by atoms with van der Waals surface area (Å²) in [5, 5.41) is 31.2. The molecule has 0 saturated carbocycles. The highest BCUT2D eigenvalue weighted by atomic mass is 35.5. The Kier molecular flexibility index (Phi) is 4.76. The first-order valence-corrected chi connectivity index (χ1v) is 5.04. The first-order valence-electron chi connectivity index (χ1n) is 4.66. The van der Waals surface area contributed by atoms with Gasteiger partial charge in [0.2, 0.25) is 0 Å². The molecule has 1 aromatic rings. The molecule has 6 nitrogen and oxygen atoms in total. The van der Waals surface area contributed by atoms with Crippen LogP contribution in [0.3, 0.4) is 0 Å². The molecule has 0 aromatic heterocycles. The van der Waals surface area contributed by atoms with E-state index in [9.17, 15) is 10.2 Å². The maximum Gasteiger partial charge on any atom is 0.106 e. The third kappa shape index (κ3) is 3.34. The summed E-state index contributed by atoms with van der Waals surface area (Å²) in [4.78, 5) is 2.48. The third-order valence-electron chi connectivity index (χ3n) is 2.14. The van der Waals surface area contributed by atoms with Gasteiger partial charge in [-0.25, -0.2) is 0 Å². The molecule has 7 heteroatoms. The van der Waals surface area contributed by atoms with Crippen molar-refractivity contribution in [3.8, 4) is 6.07 Å². The molecule has 1 aromatic carbocycles. The Morgan fingerprint density at radius 1 is 1.53 bits per heavy atom. The molecule has 0 heterocycles. The molecule has 0 aliphatic carbocycles. The number of nitrogens with zero attached hydrogens (tertiary/aromatic N) is 4. The van der Waals surface area contributed by atoms with Gasteiger partial charge in [-0.2, -0.15) is 5.26 Å². The normalized spacial score (nSPS) is 13.3. The van der Waals surface area contributed by atoms with Crippen molar-refractivity contribution < 1.29 is 10.2 Å². The molecule has 0 radical (unpaired) electrons. The molecule has 0 bridgehead atoms. The van der Waals surface area contributed by atoms with E-state index >= 15 is 0 Å². The highest BCUT2D eigenvalue weighted by molar-refractivity contribution is 6.31. The van der Waals surface area contributed by atoms with Gasteiger partial charge in [0.05, 0.1) is 24.3 Å². The first-order chi connectivity index (χ1) is 8.10. The van der Waals surface area contributed by atoms with E-state index in [2.05, 4.69) is 10.0 Å². The van der Waals surface area contributed by atoms with Crippen molar-refractivity contribution in [2.75, 3.05) is 6.54 Å². The number of azide groups is 1. The summed E-state index contributed by atoms with van der Waals surface area (Å²) in [7, 11) is 0. The Morgan fingerprint density at radius 2 is 2.24 bits per heavy atom. The summed E-state index contributed by atoms with van der Waals surface area (Å²) in [6, 6.07) is 6.22. The van der Waals surface area contributed by atoms with Crippen molar-refractivity contribution in [2.45, 2.75) is 12.2 Å². The Morgan fingerprint density at radius 3 is 2.76 bits per heavy atom. The Bertz CT molecular complexity index is 494. The number of benzene rings is 1. The fourth-order valence-electron chi connectivity index (χ4n) is 1.26. The maximum absolute atomic E-state index is 9.76. The first kappa shape index (κ1) is 13.3. The summed E-state index contributed by atoms with van der Waals surface area (Å²) >= 11 is 5.86. The van der Waals surface area contributed by atoms with E-state index in [1.54, 1.807) is 0 Å². The van der Waals surface area contributed by atoms with Crippen LogP contribution >= 0.6 is 11.6 Å². The Labute approximate surface area is 102 Å². The Hall–Kier alpha value is -1.77. The van der Waals surface area contributed by atoms with Crippen LogP contribution in [-0.2, 0) is 0 Å². The fourth-order valence-corrected chi connectivity index (χ4v) is 1.56. The molecule has 0 aliphatic heterocycles. The lowest BCUT2D eigenvalue weighted by molar-refractivity contribution is 0.0244. The minimum atomic E-state index is -1.26. The lowest BCUT2D eigenvalue weighted by atomic mass is 10.0. The van der Waals surface area contributed by atoms with Gasteiger partial charge in [-0.15, -0.1) is 0 Å². The monoisotopic (exact) mass is 252 g/mol. The van der Waals surface area contributed by atoms with Crippen molar-refractivity contribution in [3.05, 3.63) is 44.8 Å². The molecule has 2 N–H and O–H groups in total. The number of rotatable bonds is 4. The molecule has 1 rings (SSSR count). The van der Waals surface area contributed by atoms with Crippen LogP contribution in [0.2, 0.25) is 5.02 Å². The van der Waals surface area contributed by atoms with Crippen molar-refractivity contribution in [2.24, 2.45) is 5.11 Å². The number of nitriles is 1. The topological polar surface area (TPSA) is 113 Å². The summed E-state index contributed by atoms with van der Waals surface area (Å²) in [6.45, 7) is -0.256. The number of halogens is 1. The van der Waals surface area contributed by atoms with Crippen LogP contribution in [0.1, 0.15) is 17.2 Å². The predicted molar refractivity (Wildman–Crippen MR) is 61.1 cm³/mol. The number of hydrogen-bond acceptors (Lipinski definition) is 4. The van der Waals surface area contributed by atoms with Crippen molar-refractivity contribution >= 4 is 11.6 Å². The molecule has 2 unspecified atom stereocenters. The van der Waals surface area contributed by atoms with E-state index in [0.29, 0.717) is 5.56 Å². The second kappa shape index (κ2) is 6.09. The van der Waals surface area contributed by atoms with Crippen LogP contribution in [0.4, 0.5) is 0 Å². The summed E-state index contributed by atoms with van der Waals surface area (Å²) < 4.78 is 0. The van der Waals surface area contributed by atoms with Gasteiger partial charge < -0.3 is 10.2 Å². The fraction of sp³-hybridized carbons (Fsp3) is 0.300. The van der Waals surface area contributed by atoms with Crippen molar-refractivity contribution in [1.82, 2.24) is 0 Å². The average molecular weight is 253 g/mol. The summed E-state index contributed by atoms with van der Waals surface area (Å²) in [6.07, 6.45) is -2.50. The molecule has 2 atom stereocenters. The minimum Gasteiger partial charge on any atom is -0.390 e. The lowest BCUT2D eigenvalue weighted by Gasteiger charge is -2.17. The predicted octanol–water partition coefficient (Wildman–Crippen LogP) is 1.92. The second-order valence-electron chi connectivity index (χ2n) is 3.27. The van der Waals surface area contributed by atoms with Gasteiger partial charge in [0.1, 0.15) is 6.10 Å². The zero-order valence-electron chi connectivity index (χ0n) is 8.66. The van der Waals surface area contributed by atoms with Gasteiger partial charge in [0.15, 0.2) is 0 Å². The molecule has 0 fully saturated rings. The number of hydrogen-bond donors (Lipinski definition) is 2. The zero-order valence-corrected chi connectivity index (χ0v) is 9.41. The van der Waals surface area contributed by atoms with Gasteiger partial charge in [-0.3, -0.25) is 0 Å². The van der Waals surface area contributed by atoms with Gasteiger partial charge in [-0.05, 0) is 17.7 Å². The van der Waals surface area contributed by atoms with E-state index in [-0.39, 0.29) is 17.1 Å². The number of aliphatic hydroxyl groups is 2. The molecular weight excluding hydrogens is 244 g/mol. The van der Waals surface area contributed by atoms with Crippen LogP contribution in [0.15, 0.2) is 23.3 Å². The SMILES string of the molecule is N#Cc1ccc(C(O)C(O)CN=[N+]=[N-])c(Cl)c1. The quantitative estimate of drug-likeness (QED) is 0.485. The molecule has 0 aliphatic rings.